The standard InChI is InChI=1S/C13H12ClFN2O/c1-18-13-6-8(15)2-4-12(13)17-11-5-3-9(16)7-10(11)14/h2-7,17H,16H2,1H3. The zero-order valence-corrected chi connectivity index (χ0v) is 10.5. The van der Waals surface area contributed by atoms with E-state index in [1.54, 1.807) is 24.3 Å². The molecular weight excluding hydrogens is 255 g/mol. The van der Waals surface area contributed by atoms with Crippen molar-refractivity contribution in [3.05, 3.63) is 47.2 Å². The van der Waals surface area contributed by atoms with E-state index in [1.807, 2.05) is 0 Å². The molecule has 94 valence electrons. The van der Waals surface area contributed by atoms with Crippen LogP contribution in [0.5, 0.6) is 5.75 Å². The summed E-state index contributed by atoms with van der Waals surface area (Å²) in [4.78, 5) is 0. The number of nitrogens with two attached hydrogens (primary N) is 1. The van der Waals surface area contributed by atoms with Crippen LogP contribution in [-0.4, -0.2) is 7.11 Å². The number of methoxy groups -OCH3 is 1. The van der Waals surface area contributed by atoms with E-state index in [2.05, 4.69) is 5.32 Å². The van der Waals surface area contributed by atoms with Crippen LogP contribution in [0, 0.1) is 5.82 Å². The van der Waals surface area contributed by atoms with Gasteiger partial charge in [0.05, 0.1) is 23.5 Å². The Balaban J connectivity index is 2.33. The third kappa shape index (κ3) is 2.65. The SMILES string of the molecule is COc1cc(F)ccc1Nc1ccc(N)cc1Cl. The van der Waals surface area contributed by atoms with E-state index in [0.29, 0.717) is 27.8 Å². The predicted octanol–water partition coefficient (Wildman–Crippen LogP) is 3.81. The summed E-state index contributed by atoms with van der Waals surface area (Å²) < 4.78 is 18.1. The first kappa shape index (κ1) is 12.5. The molecule has 2 aromatic rings. The van der Waals surface area contributed by atoms with Gasteiger partial charge in [-0.1, -0.05) is 11.6 Å². The van der Waals surface area contributed by atoms with E-state index in [-0.39, 0.29) is 5.82 Å². The molecule has 0 fully saturated rings. The molecule has 0 saturated carbocycles. The minimum atomic E-state index is -0.360. The quantitative estimate of drug-likeness (QED) is 0.831. The van der Waals surface area contributed by atoms with Crippen LogP contribution in [0.3, 0.4) is 0 Å². The molecule has 0 aromatic heterocycles. The van der Waals surface area contributed by atoms with E-state index in [4.69, 9.17) is 22.1 Å². The van der Waals surface area contributed by atoms with Gasteiger partial charge in [0.1, 0.15) is 11.6 Å². The lowest BCUT2D eigenvalue weighted by Gasteiger charge is -2.12. The fourth-order valence-corrected chi connectivity index (χ4v) is 1.78. The minimum Gasteiger partial charge on any atom is -0.494 e. The Morgan fingerprint density at radius 2 is 1.89 bits per heavy atom. The van der Waals surface area contributed by atoms with Crippen molar-refractivity contribution in [3.8, 4) is 5.75 Å². The van der Waals surface area contributed by atoms with Crippen LogP contribution in [0.15, 0.2) is 36.4 Å². The predicted molar refractivity (Wildman–Crippen MR) is 72.1 cm³/mol. The van der Waals surface area contributed by atoms with Crippen LogP contribution in [0.4, 0.5) is 21.5 Å². The number of ether oxygens (including phenoxy) is 1. The molecule has 0 unspecified atom stereocenters. The van der Waals surface area contributed by atoms with E-state index >= 15 is 0 Å². The summed E-state index contributed by atoms with van der Waals surface area (Å²) in [5, 5.41) is 3.55. The van der Waals surface area contributed by atoms with Gasteiger partial charge in [-0.2, -0.15) is 0 Å². The molecule has 0 aliphatic rings. The second-order valence-electron chi connectivity index (χ2n) is 3.71. The Bertz CT molecular complexity index is 575. The molecule has 2 aromatic carbocycles. The van der Waals surface area contributed by atoms with Crippen molar-refractivity contribution in [2.24, 2.45) is 0 Å². The third-order valence-corrected chi connectivity index (χ3v) is 2.74. The Kier molecular flexibility index (Phi) is 3.58. The van der Waals surface area contributed by atoms with Crippen molar-refractivity contribution in [2.75, 3.05) is 18.2 Å². The van der Waals surface area contributed by atoms with Crippen molar-refractivity contribution < 1.29 is 9.13 Å². The van der Waals surface area contributed by atoms with Crippen LogP contribution >= 0.6 is 11.6 Å². The number of anilines is 3. The molecule has 2 rings (SSSR count). The molecule has 0 radical (unpaired) electrons. The monoisotopic (exact) mass is 266 g/mol. The average molecular weight is 267 g/mol. The summed E-state index contributed by atoms with van der Waals surface area (Å²) in [7, 11) is 1.48. The van der Waals surface area contributed by atoms with Gasteiger partial charge < -0.3 is 15.8 Å². The van der Waals surface area contributed by atoms with Crippen molar-refractivity contribution in [3.63, 3.8) is 0 Å². The summed E-state index contributed by atoms with van der Waals surface area (Å²) in [6, 6.07) is 9.34. The minimum absolute atomic E-state index is 0.360. The number of halogens is 2. The highest BCUT2D eigenvalue weighted by Gasteiger charge is 2.07. The molecule has 0 aliphatic heterocycles. The molecule has 0 amide bonds. The van der Waals surface area contributed by atoms with Crippen LogP contribution < -0.4 is 15.8 Å². The topological polar surface area (TPSA) is 47.3 Å². The van der Waals surface area contributed by atoms with Crippen LogP contribution in [0.1, 0.15) is 0 Å². The van der Waals surface area contributed by atoms with Crippen LogP contribution in [-0.2, 0) is 0 Å². The summed E-state index contributed by atoms with van der Waals surface area (Å²) >= 11 is 6.05. The number of nitrogen functional groups attached to an aromatic ring is 1. The second-order valence-corrected chi connectivity index (χ2v) is 4.12. The fraction of sp³-hybridized carbons (Fsp3) is 0.0769. The van der Waals surface area contributed by atoms with Crippen molar-refractivity contribution in [1.29, 1.82) is 0 Å². The first-order valence-electron chi connectivity index (χ1n) is 5.26. The second kappa shape index (κ2) is 5.14. The average Bonchev–Trinajstić information content (AvgIpc) is 2.34. The molecule has 3 nitrogen and oxygen atoms in total. The first-order valence-corrected chi connectivity index (χ1v) is 5.63. The highest BCUT2D eigenvalue weighted by Crippen LogP contribution is 2.32. The maximum absolute atomic E-state index is 13.1. The molecule has 5 heteroatoms. The summed E-state index contributed by atoms with van der Waals surface area (Å²) in [6.45, 7) is 0. The number of hydrogen-bond donors (Lipinski definition) is 2. The molecule has 0 saturated heterocycles. The van der Waals surface area contributed by atoms with Crippen LogP contribution in [0.2, 0.25) is 5.02 Å². The Labute approximate surface area is 109 Å². The number of hydrogen-bond acceptors (Lipinski definition) is 3. The molecule has 18 heavy (non-hydrogen) atoms. The lowest BCUT2D eigenvalue weighted by atomic mass is 10.2. The van der Waals surface area contributed by atoms with Crippen molar-refractivity contribution in [1.82, 2.24) is 0 Å². The molecular formula is C13H12ClFN2O. The van der Waals surface area contributed by atoms with E-state index in [0.717, 1.165) is 0 Å². The highest BCUT2D eigenvalue weighted by atomic mass is 35.5. The number of benzene rings is 2. The lowest BCUT2D eigenvalue weighted by molar-refractivity contribution is 0.413. The van der Waals surface area contributed by atoms with E-state index in [1.165, 1.54) is 19.2 Å². The van der Waals surface area contributed by atoms with Gasteiger partial charge in [0.25, 0.3) is 0 Å². The van der Waals surface area contributed by atoms with Gasteiger partial charge in [0, 0.05) is 11.8 Å². The fourth-order valence-electron chi connectivity index (χ4n) is 1.55. The zero-order valence-electron chi connectivity index (χ0n) is 9.71. The van der Waals surface area contributed by atoms with Crippen molar-refractivity contribution in [2.45, 2.75) is 0 Å². The smallest absolute Gasteiger partial charge is 0.145 e. The molecule has 3 N–H and O–H groups in total. The molecule has 0 heterocycles. The Hall–Kier alpha value is -1.94. The first-order chi connectivity index (χ1) is 8.60. The summed E-state index contributed by atoms with van der Waals surface area (Å²) in [5.74, 6) is 0.0451. The lowest BCUT2D eigenvalue weighted by Crippen LogP contribution is -1.96. The van der Waals surface area contributed by atoms with E-state index in [9.17, 15) is 4.39 Å². The zero-order chi connectivity index (χ0) is 13.1. The van der Waals surface area contributed by atoms with Gasteiger partial charge in [0.15, 0.2) is 0 Å². The molecule has 0 spiro atoms. The maximum Gasteiger partial charge on any atom is 0.145 e. The number of rotatable bonds is 3. The summed E-state index contributed by atoms with van der Waals surface area (Å²) in [6.07, 6.45) is 0. The summed E-state index contributed by atoms with van der Waals surface area (Å²) in [5.41, 5.74) is 7.50. The van der Waals surface area contributed by atoms with Crippen molar-refractivity contribution >= 4 is 28.7 Å². The largest absolute Gasteiger partial charge is 0.494 e. The third-order valence-electron chi connectivity index (χ3n) is 2.43. The molecule has 0 bridgehead atoms. The van der Waals surface area contributed by atoms with Gasteiger partial charge >= 0.3 is 0 Å². The number of nitrogens with one attached hydrogen (secondary N) is 1. The van der Waals surface area contributed by atoms with Crippen LogP contribution in [0.25, 0.3) is 0 Å². The maximum atomic E-state index is 13.1. The molecule has 0 atom stereocenters. The van der Waals surface area contributed by atoms with Gasteiger partial charge in [0.2, 0.25) is 0 Å². The van der Waals surface area contributed by atoms with E-state index < -0.39 is 0 Å². The Morgan fingerprint density at radius 1 is 1.17 bits per heavy atom. The van der Waals surface area contributed by atoms with Gasteiger partial charge in [-0.15, -0.1) is 0 Å². The normalized spacial score (nSPS) is 10.2. The Morgan fingerprint density at radius 3 is 2.56 bits per heavy atom. The van der Waals surface area contributed by atoms with Gasteiger partial charge in [-0.05, 0) is 30.3 Å². The highest BCUT2D eigenvalue weighted by molar-refractivity contribution is 6.33. The van der Waals surface area contributed by atoms with Gasteiger partial charge in [-0.3, -0.25) is 0 Å². The van der Waals surface area contributed by atoms with Gasteiger partial charge in [-0.25, -0.2) is 4.39 Å². The molecule has 0 aliphatic carbocycles.